The quantitative estimate of drug-likeness (QED) is 0.150. The van der Waals surface area contributed by atoms with Crippen molar-refractivity contribution in [3.05, 3.63) is 35.4 Å². The van der Waals surface area contributed by atoms with Gasteiger partial charge in [0.2, 0.25) is 0 Å². The molecule has 0 unspecified atom stereocenters. The number of benzene rings is 1. The average Bonchev–Trinajstić information content (AvgIpc) is 2.51. The third kappa shape index (κ3) is 6.42. The normalized spacial score (nSPS) is 11.6. The summed E-state index contributed by atoms with van der Waals surface area (Å²) < 4.78 is 4.78. The Morgan fingerprint density at radius 1 is 1.33 bits per heavy atom. The number of esters is 1. The van der Waals surface area contributed by atoms with Crippen LogP contribution in [0, 0.1) is 0 Å². The van der Waals surface area contributed by atoms with E-state index in [1.54, 1.807) is 31.2 Å². The van der Waals surface area contributed by atoms with Gasteiger partial charge < -0.3 is 10.5 Å². The van der Waals surface area contributed by atoms with Crippen LogP contribution in [-0.2, 0) is 9.53 Å². The van der Waals surface area contributed by atoms with Crippen LogP contribution < -0.4 is 5.73 Å². The second kappa shape index (κ2) is 9.35. The minimum atomic E-state index is -0.244. The van der Waals surface area contributed by atoms with Crippen LogP contribution in [0.2, 0.25) is 0 Å². The van der Waals surface area contributed by atoms with Gasteiger partial charge in [0.05, 0.1) is 13.2 Å². The molecular weight excluding hydrogens is 272 g/mol. The standard InChI is InChI=1S/C14H18N4O3/c1-2-21-13(20)4-3-9-16-18-17-14(15)12-7-5-11(10-19)6-8-12/h5-8,10H,2-4,9H2,1H3,(H2,15,16,17). The zero-order chi connectivity index (χ0) is 15.5. The van der Waals surface area contributed by atoms with Gasteiger partial charge >= 0.3 is 5.97 Å². The van der Waals surface area contributed by atoms with Gasteiger partial charge in [-0.2, -0.15) is 5.11 Å². The Bertz CT molecular complexity index is 524. The highest BCUT2D eigenvalue weighted by Gasteiger charge is 2.00. The van der Waals surface area contributed by atoms with Gasteiger partial charge in [-0.1, -0.05) is 24.3 Å². The molecule has 1 rings (SSSR count). The Labute approximate surface area is 122 Å². The van der Waals surface area contributed by atoms with Crippen LogP contribution >= 0.6 is 0 Å². The maximum absolute atomic E-state index is 11.1. The molecule has 1 aromatic rings. The number of hydrogen-bond donors (Lipinski definition) is 1. The summed E-state index contributed by atoms with van der Waals surface area (Å²) in [5, 5.41) is 11.1. The maximum Gasteiger partial charge on any atom is 0.305 e. The zero-order valence-corrected chi connectivity index (χ0v) is 11.9. The number of nitrogens with two attached hydrogens (primary N) is 1. The Balaban J connectivity index is 2.38. The number of amidine groups is 1. The summed E-state index contributed by atoms with van der Waals surface area (Å²) in [7, 11) is 0. The molecule has 0 heterocycles. The lowest BCUT2D eigenvalue weighted by Crippen LogP contribution is -2.12. The van der Waals surface area contributed by atoms with E-state index in [-0.39, 0.29) is 11.8 Å². The predicted octanol–water partition coefficient (Wildman–Crippen LogP) is 1.91. The molecule has 7 heteroatoms. The van der Waals surface area contributed by atoms with Gasteiger partial charge in [-0.15, -0.1) is 5.10 Å². The molecule has 0 aromatic heterocycles. The lowest BCUT2D eigenvalue weighted by atomic mass is 10.1. The van der Waals surface area contributed by atoms with E-state index in [1.807, 2.05) is 0 Å². The fourth-order valence-electron chi connectivity index (χ4n) is 1.44. The minimum absolute atomic E-state index is 0.210. The molecular formula is C14H18N4O3. The van der Waals surface area contributed by atoms with E-state index < -0.39 is 0 Å². The van der Waals surface area contributed by atoms with Crippen molar-refractivity contribution in [3.63, 3.8) is 0 Å². The van der Waals surface area contributed by atoms with Crippen LogP contribution in [0.15, 0.2) is 39.7 Å². The van der Waals surface area contributed by atoms with Crippen molar-refractivity contribution >= 4 is 18.1 Å². The van der Waals surface area contributed by atoms with Gasteiger partial charge in [0.15, 0.2) is 5.84 Å². The summed E-state index contributed by atoms with van der Waals surface area (Å²) in [6, 6.07) is 6.64. The van der Waals surface area contributed by atoms with Crippen molar-refractivity contribution in [3.8, 4) is 0 Å². The van der Waals surface area contributed by atoms with Crippen LogP contribution in [0.3, 0.4) is 0 Å². The Kier molecular flexibility index (Phi) is 7.34. The van der Waals surface area contributed by atoms with Gasteiger partial charge in [-0.3, -0.25) is 9.59 Å². The van der Waals surface area contributed by atoms with Gasteiger partial charge in [0.1, 0.15) is 6.29 Å². The van der Waals surface area contributed by atoms with Gasteiger partial charge in [-0.25, -0.2) is 0 Å². The van der Waals surface area contributed by atoms with E-state index in [4.69, 9.17) is 10.5 Å². The van der Waals surface area contributed by atoms with Crippen molar-refractivity contribution in [2.45, 2.75) is 19.8 Å². The number of hydrogen-bond acceptors (Lipinski definition) is 5. The molecule has 0 atom stereocenters. The number of nitrogens with zero attached hydrogens (tertiary/aromatic N) is 3. The Morgan fingerprint density at radius 2 is 2.05 bits per heavy atom. The molecule has 0 radical (unpaired) electrons. The molecule has 21 heavy (non-hydrogen) atoms. The van der Waals surface area contributed by atoms with Gasteiger partial charge in [0, 0.05) is 17.5 Å². The van der Waals surface area contributed by atoms with Crippen LogP contribution in [0.25, 0.3) is 0 Å². The van der Waals surface area contributed by atoms with Crippen molar-refractivity contribution in [1.29, 1.82) is 0 Å². The number of carbonyl (C=O) groups excluding carboxylic acids is 2. The fourth-order valence-corrected chi connectivity index (χ4v) is 1.44. The SMILES string of the molecule is CCOC(=O)CCCN=NN=C(N)c1ccc(C=O)cc1. The summed E-state index contributed by atoms with van der Waals surface area (Å²) in [5.74, 6) is -0.0347. The average molecular weight is 290 g/mol. The lowest BCUT2D eigenvalue weighted by molar-refractivity contribution is -0.143. The molecule has 112 valence electrons. The number of ether oxygens (including phenoxy) is 1. The smallest absolute Gasteiger partial charge is 0.305 e. The first-order valence-corrected chi connectivity index (χ1v) is 6.58. The molecule has 0 bridgehead atoms. The Morgan fingerprint density at radius 3 is 2.67 bits per heavy atom. The molecule has 0 aliphatic rings. The maximum atomic E-state index is 11.1. The third-order valence-electron chi connectivity index (χ3n) is 2.50. The molecule has 1 aromatic carbocycles. The molecule has 0 saturated heterocycles. The Hall–Kier alpha value is -2.57. The van der Waals surface area contributed by atoms with E-state index in [9.17, 15) is 9.59 Å². The monoisotopic (exact) mass is 290 g/mol. The largest absolute Gasteiger partial charge is 0.466 e. The van der Waals surface area contributed by atoms with Crippen LogP contribution in [0.5, 0.6) is 0 Å². The van der Waals surface area contributed by atoms with Gasteiger partial charge in [0.25, 0.3) is 0 Å². The van der Waals surface area contributed by atoms with E-state index in [1.165, 1.54) is 0 Å². The molecule has 0 aliphatic heterocycles. The topological polar surface area (TPSA) is 106 Å². The minimum Gasteiger partial charge on any atom is -0.466 e. The van der Waals surface area contributed by atoms with Crippen LogP contribution in [0.1, 0.15) is 35.7 Å². The van der Waals surface area contributed by atoms with E-state index >= 15 is 0 Å². The molecule has 0 saturated carbocycles. The lowest BCUT2D eigenvalue weighted by Gasteiger charge is -1.99. The summed E-state index contributed by atoms with van der Waals surface area (Å²) in [4.78, 5) is 21.6. The first kappa shape index (κ1) is 16.5. The second-order valence-electron chi connectivity index (χ2n) is 4.09. The van der Waals surface area contributed by atoms with Crippen molar-refractivity contribution in [1.82, 2.24) is 0 Å². The number of aldehydes is 1. The van der Waals surface area contributed by atoms with Crippen molar-refractivity contribution in [2.24, 2.45) is 21.2 Å². The van der Waals surface area contributed by atoms with Crippen molar-refractivity contribution in [2.75, 3.05) is 13.2 Å². The zero-order valence-electron chi connectivity index (χ0n) is 11.9. The third-order valence-corrected chi connectivity index (χ3v) is 2.50. The molecule has 0 spiro atoms. The van der Waals surface area contributed by atoms with Gasteiger partial charge in [-0.05, 0) is 18.6 Å². The summed E-state index contributed by atoms with van der Waals surface area (Å²) in [6.45, 7) is 2.51. The summed E-state index contributed by atoms with van der Waals surface area (Å²) in [6.07, 6.45) is 1.60. The number of rotatable bonds is 8. The van der Waals surface area contributed by atoms with Crippen LogP contribution in [0.4, 0.5) is 0 Å². The van der Waals surface area contributed by atoms with E-state index in [0.717, 1.165) is 6.29 Å². The van der Waals surface area contributed by atoms with E-state index in [2.05, 4.69) is 15.4 Å². The molecule has 0 aliphatic carbocycles. The van der Waals surface area contributed by atoms with Crippen LogP contribution in [-0.4, -0.2) is 31.2 Å². The summed E-state index contributed by atoms with van der Waals surface area (Å²) >= 11 is 0. The van der Waals surface area contributed by atoms with Crippen molar-refractivity contribution < 1.29 is 14.3 Å². The highest BCUT2D eigenvalue weighted by molar-refractivity contribution is 5.97. The molecule has 0 amide bonds. The first-order valence-electron chi connectivity index (χ1n) is 6.58. The fraction of sp³-hybridized carbons (Fsp3) is 0.357. The molecule has 7 nitrogen and oxygen atoms in total. The van der Waals surface area contributed by atoms with E-state index in [0.29, 0.717) is 37.1 Å². The molecule has 0 fully saturated rings. The number of carbonyl (C=O) groups is 2. The molecule has 2 N–H and O–H groups in total. The summed E-state index contributed by atoms with van der Waals surface area (Å²) in [5.41, 5.74) is 6.94. The highest BCUT2D eigenvalue weighted by atomic mass is 16.5. The predicted molar refractivity (Wildman–Crippen MR) is 78.1 cm³/mol. The highest BCUT2D eigenvalue weighted by Crippen LogP contribution is 2.02. The first-order chi connectivity index (χ1) is 10.2. The second-order valence-corrected chi connectivity index (χ2v) is 4.09.